The number of hydrogen-bond donors (Lipinski definition) is 2. The molecule has 3 heterocycles. The van der Waals surface area contributed by atoms with E-state index in [1.54, 1.807) is 30.3 Å². The van der Waals surface area contributed by atoms with Crippen molar-refractivity contribution >= 4 is 28.5 Å². The Balaban J connectivity index is 1.52. The molecule has 6 rings (SSSR count). The number of aromatic carboxylic acids is 1. The molecule has 1 aliphatic rings. The summed E-state index contributed by atoms with van der Waals surface area (Å²) in [4.78, 5) is 32.7. The number of hydrogen-bond acceptors (Lipinski definition) is 7. The lowest BCUT2D eigenvalue weighted by Crippen LogP contribution is -2.29. The highest BCUT2D eigenvalue weighted by atomic mass is 19.1. The van der Waals surface area contributed by atoms with E-state index < -0.39 is 5.97 Å². The molecule has 1 atom stereocenters. The topological polar surface area (TPSA) is 113 Å². The van der Waals surface area contributed by atoms with Gasteiger partial charge < -0.3 is 19.8 Å². The van der Waals surface area contributed by atoms with Crippen LogP contribution in [0.1, 0.15) is 45.6 Å². The van der Waals surface area contributed by atoms with Crippen molar-refractivity contribution < 1.29 is 18.8 Å². The molecule has 196 valence electrons. The summed E-state index contributed by atoms with van der Waals surface area (Å²) < 4.78 is 20.5. The van der Waals surface area contributed by atoms with E-state index in [1.807, 2.05) is 24.8 Å². The summed E-state index contributed by atoms with van der Waals surface area (Å²) in [5, 5.41) is 17.1. The van der Waals surface area contributed by atoms with Gasteiger partial charge in [0.05, 0.1) is 28.7 Å². The van der Waals surface area contributed by atoms with Crippen molar-refractivity contribution in [2.45, 2.75) is 33.0 Å². The average molecular weight is 526 g/mol. The van der Waals surface area contributed by atoms with Gasteiger partial charge in [0, 0.05) is 24.3 Å². The lowest BCUT2D eigenvalue weighted by Gasteiger charge is -2.23. The Bertz CT molecular complexity index is 1800. The number of halogens is 1. The van der Waals surface area contributed by atoms with Crippen LogP contribution >= 0.6 is 0 Å². The number of rotatable bonds is 6. The zero-order valence-electron chi connectivity index (χ0n) is 21.2. The molecule has 2 N–H and O–H groups in total. The number of carboxylic acid groups (broad SMARTS) is 1. The van der Waals surface area contributed by atoms with Crippen molar-refractivity contribution in [1.29, 1.82) is 0 Å². The Hall–Kier alpha value is -4.99. The molecule has 1 unspecified atom stereocenters. The largest absolute Gasteiger partial charge is 0.478 e. The highest BCUT2D eigenvalue weighted by Crippen LogP contribution is 2.33. The van der Waals surface area contributed by atoms with Crippen LogP contribution in [0, 0.1) is 12.7 Å². The first-order valence-corrected chi connectivity index (χ1v) is 12.4. The third-order valence-corrected chi connectivity index (χ3v) is 6.98. The highest BCUT2D eigenvalue weighted by molar-refractivity contribution is 5.94. The highest BCUT2D eigenvalue weighted by Gasteiger charge is 2.27. The molecule has 9 nitrogen and oxygen atoms in total. The molecule has 1 aliphatic heterocycles. The van der Waals surface area contributed by atoms with Crippen molar-refractivity contribution in [2.75, 3.05) is 10.2 Å². The van der Waals surface area contributed by atoms with Crippen LogP contribution in [0.15, 0.2) is 76.4 Å². The quantitative estimate of drug-likeness (QED) is 0.311. The molecule has 0 aliphatic carbocycles. The fourth-order valence-corrected chi connectivity index (χ4v) is 5.15. The molecule has 2 aromatic heterocycles. The minimum Gasteiger partial charge on any atom is -0.478 e. The Kier molecular flexibility index (Phi) is 5.86. The van der Waals surface area contributed by atoms with Crippen LogP contribution in [0.5, 0.6) is 0 Å². The van der Waals surface area contributed by atoms with Crippen molar-refractivity contribution in [3.05, 3.63) is 111 Å². The van der Waals surface area contributed by atoms with Crippen molar-refractivity contribution in [2.24, 2.45) is 0 Å². The van der Waals surface area contributed by atoms with Gasteiger partial charge in [-0.3, -0.25) is 4.79 Å². The van der Waals surface area contributed by atoms with Crippen LogP contribution in [0.4, 0.5) is 16.0 Å². The normalized spacial score (nSPS) is 13.5. The molecule has 0 fully saturated rings. The maximum Gasteiger partial charge on any atom is 0.337 e. The number of aryl methyl sites for hydroxylation is 1. The SMILES string of the molecule is Cc1cc(C(C)Nc2ccccc2C(=O)O)c2nc(N3Cc4ccc(F)cc4C3)n(-c3cnoc3)c(=O)c2c1. The van der Waals surface area contributed by atoms with E-state index in [4.69, 9.17) is 9.51 Å². The Labute approximate surface area is 222 Å². The van der Waals surface area contributed by atoms with Crippen LogP contribution in [0.25, 0.3) is 16.6 Å². The molecule has 0 spiro atoms. The molecule has 0 amide bonds. The van der Waals surface area contributed by atoms with E-state index in [-0.39, 0.29) is 23.0 Å². The summed E-state index contributed by atoms with van der Waals surface area (Å²) in [6.07, 6.45) is 2.83. The van der Waals surface area contributed by atoms with E-state index in [2.05, 4.69) is 10.5 Å². The van der Waals surface area contributed by atoms with Crippen LogP contribution < -0.4 is 15.8 Å². The molecule has 0 saturated carbocycles. The van der Waals surface area contributed by atoms with Crippen LogP contribution in [0.3, 0.4) is 0 Å². The van der Waals surface area contributed by atoms with E-state index in [0.29, 0.717) is 41.3 Å². The van der Waals surface area contributed by atoms with Gasteiger partial charge in [0.2, 0.25) is 5.95 Å². The van der Waals surface area contributed by atoms with Crippen molar-refractivity contribution in [3.63, 3.8) is 0 Å². The standard InChI is InChI=1S/C29H24FN5O4/c1-16-9-23(17(2)32-25-6-4-3-5-22(25)28(37)38)26-24(10-16)27(36)35(21-12-31-39-15-21)29(33-26)34-13-18-7-8-20(30)11-19(18)14-34/h3-12,15,17,32H,13-14H2,1-2H3,(H,37,38). The fraction of sp³-hybridized carbons (Fsp3) is 0.172. The van der Waals surface area contributed by atoms with E-state index in [9.17, 15) is 19.1 Å². The van der Waals surface area contributed by atoms with Crippen LogP contribution in [0.2, 0.25) is 0 Å². The van der Waals surface area contributed by atoms with Crippen LogP contribution in [-0.2, 0) is 13.1 Å². The second-order valence-electron chi connectivity index (χ2n) is 9.67. The molecule has 3 aromatic carbocycles. The second kappa shape index (κ2) is 9.39. The maximum atomic E-state index is 14.0. The molecule has 5 aromatic rings. The summed E-state index contributed by atoms with van der Waals surface area (Å²) in [5.74, 6) is -0.991. The zero-order valence-corrected chi connectivity index (χ0v) is 21.2. The monoisotopic (exact) mass is 525 g/mol. The Morgan fingerprint density at radius 2 is 1.92 bits per heavy atom. The number of anilines is 2. The Morgan fingerprint density at radius 1 is 1.13 bits per heavy atom. The molecule has 0 radical (unpaired) electrons. The van der Waals surface area contributed by atoms with E-state index in [0.717, 1.165) is 22.3 Å². The van der Waals surface area contributed by atoms with Gasteiger partial charge in [0.25, 0.3) is 5.56 Å². The molecular formula is C29H24FN5O4. The van der Waals surface area contributed by atoms with Gasteiger partial charge in [-0.25, -0.2) is 18.7 Å². The molecule has 39 heavy (non-hydrogen) atoms. The predicted octanol–water partition coefficient (Wildman–Crippen LogP) is 5.21. The van der Waals surface area contributed by atoms with Crippen molar-refractivity contribution in [3.8, 4) is 5.69 Å². The summed E-state index contributed by atoms with van der Waals surface area (Å²) >= 11 is 0. The third kappa shape index (κ3) is 4.29. The first-order chi connectivity index (χ1) is 18.8. The van der Waals surface area contributed by atoms with Gasteiger partial charge in [-0.15, -0.1) is 0 Å². The lowest BCUT2D eigenvalue weighted by molar-refractivity contribution is 0.0698. The summed E-state index contributed by atoms with van der Waals surface area (Å²) in [6.45, 7) is 4.61. The first-order valence-electron chi connectivity index (χ1n) is 12.4. The second-order valence-corrected chi connectivity index (χ2v) is 9.67. The van der Waals surface area contributed by atoms with Gasteiger partial charge in [0.15, 0.2) is 0 Å². The van der Waals surface area contributed by atoms with Gasteiger partial charge in [-0.2, -0.15) is 0 Å². The molecule has 10 heteroatoms. The number of para-hydroxylation sites is 1. The van der Waals surface area contributed by atoms with Gasteiger partial charge >= 0.3 is 5.97 Å². The average Bonchev–Trinajstić information content (AvgIpc) is 3.58. The number of aromatic nitrogens is 3. The van der Waals surface area contributed by atoms with E-state index >= 15 is 0 Å². The fourth-order valence-electron chi connectivity index (χ4n) is 5.15. The van der Waals surface area contributed by atoms with Gasteiger partial charge in [0.1, 0.15) is 17.8 Å². The molecule has 0 bridgehead atoms. The molecular weight excluding hydrogens is 501 g/mol. The summed E-state index contributed by atoms with van der Waals surface area (Å²) in [6, 6.07) is 14.7. The number of carbonyl (C=O) groups is 1. The number of fused-ring (bicyclic) bond motifs is 2. The summed E-state index contributed by atoms with van der Waals surface area (Å²) in [7, 11) is 0. The third-order valence-electron chi connectivity index (χ3n) is 6.98. The van der Waals surface area contributed by atoms with Gasteiger partial charge in [-0.1, -0.05) is 29.4 Å². The number of benzene rings is 3. The smallest absolute Gasteiger partial charge is 0.337 e. The lowest BCUT2D eigenvalue weighted by atomic mass is 10.0. The van der Waals surface area contributed by atoms with E-state index in [1.165, 1.54) is 35.2 Å². The van der Waals surface area contributed by atoms with Gasteiger partial charge in [-0.05, 0) is 60.9 Å². The Morgan fingerprint density at radius 3 is 2.69 bits per heavy atom. The number of nitrogens with one attached hydrogen (secondary N) is 1. The predicted molar refractivity (Wildman–Crippen MR) is 144 cm³/mol. The number of nitrogens with zero attached hydrogens (tertiary/aromatic N) is 4. The number of carboxylic acids is 1. The van der Waals surface area contributed by atoms with Crippen molar-refractivity contribution in [1.82, 2.24) is 14.7 Å². The van der Waals surface area contributed by atoms with Crippen LogP contribution in [-0.4, -0.2) is 25.8 Å². The summed E-state index contributed by atoms with van der Waals surface area (Å²) in [5.41, 5.74) is 4.59. The minimum absolute atomic E-state index is 0.145. The first kappa shape index (κ1) is 24.4. The zero-order chi connectivity index (χ0) is 27.3. The maximum absolute atomic E-state index is 14.0. The minimum atomic E-state index is -1.04. The molecule has 0 saturated heterocycles.